The number of carboxylic acid groups (broad SMARTS) is 1. The van der Waals surface area contributed by atoms with Crippen LogP contribution in [-0.2, 0) is 14.4 Å². The van der Waals surface area contributed by atoms with E-state index in [2.05, 4.69) is 10.6 Å². The van der Waals surface area contributed by atoms with Crippen molar-refractivity contribution >= 4 is 28.8 Å². The van der Waals surface area contributed by atoms with Crippen molar-refractivity contribution in [3.63, 3.8) is 0 Å². The molecule has 0 spiro atoms. The highest BCUT2D eigenvalue weighted by molar-refractivity contribution is 5.88. The number of ether oxygens (including phenoxy) is 1. The molecule has 2 rings (SSSR count). The molecule has 2 amide bonds. The fourth-order valence-corrected chi connectivity index (χ4v) is 2.64. The Morgan fingerprint density at radius 1 is 1.14 bits per heavy atom. The summed E-state index contributed by atoms with van der Waals surface area (Å²) in [6, 6.07) is 3.87. The van der Waals surface area contributed by atoms with Crippen molar-refractivity contribution in [1.82, 2.24) is 10.6 Å². The molecular formula is C20H24N2O7. The molecule has 9 heteroatoms. The number of fused-ring (bicyclic) bond motifs is 1. The number of aliphatic carboxylic acids is 1. The molecular weight excluding hydrogens is 380 g/mol. The summed E-state index contributed by atoms with van der Waals surface area (Å²) in [5, 5.41) is 14.5. The van der Waals surface area contributed by atoms with Crippen LogP contribution in [0, 0.1) is 19.8 Å². The molecule has 0 bridgehead atoms. The highest BCUT2D eigenvalue weighted by Crippen LogP contribution is 2.23. The van der Waals surface area contributed by atoms with Crippen LogP contribution in [0.15, 0.2) is 27.4 Å². The van der Waals surface area contributed by atoms with Crippen LogP contribution in [0.4, 0.5) is 0 Å². The summed E-state index contributed by atoms with van der Waals surface area (Å²) in [6.07, 6.45) is 0. The molecule has 2 aromatic rings. The zero-order valence-electron chi connectivity index (χ0n) is 16.7. The van der Waals surface area contributed by atoms with Crippen LogP contribution < -0.4 is 21.0 Å². The minimum absolute atomic E-state index is 0.295. The summed E-state index contributed by atoms with van der Waals surface area (Å²) in [5.74, 6) is -2.28. The second kappa shape index (κ2) is 9.22. The number of hydrogen-bond donors (Lipinski definition) is 3. The Bertz CT molecular complexity index is 994. The quantitative estimate of drug-likeness (QED) is 0.561. The fraction of sp³-hybridized carbons (Fsp3) is 0.400. The lowest BCUT2D eigenvalue weighted by atomic mass is 10.1. The summed E-state index contributed by atoms with van der Waals surface area (Å²) >= 11 is 0. The van der Waals surface area contributed by atoms with Gasteiger partial charge in [-0.05, 0) is 37.5 Å². The van der Waals surface area contributed by atoms with Crippen molar-refractivity contribution in [2.75, 3.05) is 13.2 Å². The van der Waals surface area contributed by atoms with Gasteiger partial charge >= 0.3 is 11.6 Å². The van der Waals surface area contributed by atoms with E-state index in [4.69, 9.17) is 14.3 Å². The Kier molecular flexibility index (Phi) is 6.98. The molecule has 0 radical (unpaired) electrons. The molecule has 0 aliphatic rings. The van der Waals surface area contributed by atoms with E-state index in [0.717, 1.165) is 10.9 Å². The first-order valence-electron chi connectivity index (χ1n) is 9.06. The van der Waals surface area contributed by atoms with E-state index >= 15 is 0 Å². The maximum atomic E-state index is 11.9. The average Bonchev–Trinajstić information content (AvgIpc) is 2.66. The first-order chi connectivity index (χ1) is 13.6. The minimum atomic E-state index is -1.14. The van der Waals surface area contributed by atoms with E-state index < -0.39 is 29.5 Å². The topological polar surface area (TPSA) is 135 Å². The van der Waals surface area contributed by atoms with Crippen molar-refractivity contribution < 1.29 is 28.6 Å². The van der Waals surface area contributed by atoms with Crippen molar-refractivity contribution in [1.29, 1.82) is 0 Å². The third-order valence-corrected chi connectivity index (χ3v) is 4.49. The van der Waals surface area contributed by atoms with Crippen molar-refractivity contribution in [2.45, 2.75) is 33.7 Å². The zero-order valence-corrected chi connectivity index (χ0v) is 16.7. The number of hydrogen-bond acceptors (Lipinski definition) is 6. The van der Waals surface area contributed by atoms with Gasteiger partial charge in [-0.1, -0.05) is 13.8 Å². The van der Waals surface area contributed by atoms with E-state index in [-0.39, 0.29) is 19.1 Å². The zero-order chi connectivity index (χ0) is 21.7. The third-order valence-electron chi connectivity index (χ3n) is 4.49. The lowest BCUT2D eigenvalue weighted by molar-refractivity contribution is -0.143. The van der Waals surface area contributed by atoms with Gasteiger partial charge in [-0.25, -0.2) is 9.59 Å². The number of nitrogens with one attached hydrogen (secondary N) is 2. The van der Waals surface area contributed by atoms with Crippen molar-refractivity contribution in [3.05, 3.63) is 39.7 Å². The molecule has 3 N–H and O–H groups in total. The number of rotatable bonds is 8. The Morgan fingerprint density at radius 3 is 2.45 bits per heavy atom. The number of amides is 2. The average molecular weight is 404 g/mol. The van der Waals surface area contributed by atoms with Crippen LogP contribution in [0.25, 0.3) is 11.0 Å². The van der Waals surface area contributed by atoms with Gasteiger partial charge in [0, 0.05) is 17.0 Å². The number of aryl methyl sites for hydroxylation is 1. The lowest BCUT2D eigenvalue weighted by Crippen LogP contribution is -2.48. The Hall–Kier alpha value is -3.36. The van der Waals surface area contributed by atoms with Gasteiger partial charge in [-0.2, -0.15) is 0 Å². The molecule has 0 saturated carbocycles. The minimum Gasteiger partial charge on any atom is -0.484 e. The summed E-state index contributed by atoms with van der Waals surface area (Å²) in [6.45, 7) is 6.11. The van der Waals surface area contributed by atoms with Crippen LogP contribution in [0.5, 0.6) is 5.75 Å². The van der Waals surface area contributed by atoms with Crippen LogP contribution in [0.1, 0.15) is 25.0 Å². The summed E-state index contributed by atoms with van der Waals surface area (Å²) < 4.78 is 10.6. The van der Waals surface area contributed by atoms with Gasteiger partial charge in [0.25, 0.3) is 5.91 Å². The second-order valence-corrected chi connectivity index (χ2v) is 6.99. The molecule has 0 aliphatic heterocycles. The number of carboxylic acids is 1. The van der Waals surface area contributed by atoms with Crippen molar-refractivity contribution in [2.24, 2.45) is 5.92 Å². The van der Waals surface area contributed by atoms with E-state index in [1.807, 2.05) is 6.92 Å². The van der Waals surface area contributed by atoms with Gasteiger partial charge in [0.05, 0.1) is 6.54 Å². The first-order valence-corrected chi connectivity index (χ1v) is 9.06. The molecule has 9 nitrogen and oxygen atoms in total. The van der Waals surface area contributed by atoms with Crippen molar-refractivity contribution in [3.8, 4) is 5.75 Å². The molecule has 1 heterocycles. The number of benzene rings is 1. The highest BCUT2D eigenvalue weighted by atomic mass is 16.5. The standard InChI is InChI=1S/C20H24N2O7/c1-10(2)18(19(25)26)22-16(23)8-21-17(24)9-28-13-5-6-14-11(3)12(4)20(27)29-15(14)7-13/h5-7,10,18H,8-9H2,1-4H3,(H,21,24)(H,22,23)(H,25,26)/t18-/m0/s1. The van der Waals surface area contributed by atoms with Gasteiger partial charge in [0.1, 0.15) is 17.4 Å². The smallest absolute Gasteiger partial charge is 0.339 e. The Labute approximate surface area is 167 Å². The monoisotopic (exact) mass is 404 g/mol. The van der Waals surface area contributed by atoms with Crippen LogP contribution >= 0.6 is 0 Å². The molecule has 1 atom stereocenters. The van der Waals surface area contributed by atoms with Gasteiger partial charge in [0.2, 0.25) is 5.91 Å². The van der Waals surface area contributed by atoms with Crippen LogP contribution in [0.2, 0.25) is 0 Å². The molecule has 156 valence electrons. The van der Waals surface area contributed by atoms with E-state index in [9.17, 15) is 19.2 Å². The highest BCUT2D eigenvalue weighted by Gasteiger charge is 2.23. The number of carbonyl (C=O) groups excluding carboxylic acids is 2. The Balaban J connectivity index is 1.91. The summed E-state index contributed by atoms with van der Waals surface area (Å²) in [4.78, 5) is 46.6. The predicted octanol–water partition coefficient (Wildman–Crippen LogP) is 1.13. The largest absolute Gasteiger partial charge is 0.484 e. The normalized spacial score (nSPS) is 11.9. The Morgan fingerprint density at radius 2 is 1.83 bits per heavy atom. The van der Waals surface area contributed by atoms with Gasteiger partial charge < -0.3 is 24.9 Å². The summed E-state index contributed by atoms with van der Waals surface area (Å²) in [7, 11) is 0. The van der Waals surface area contributed by atoms with E-state index in [0.29, 0.717) is 16.9 Å². The van der Waals surface area contributed by atoms with Gasteiger partial charge in [-0.3, -0.25) is 9.59 Å². The van der Waals surface area contributed by atoms with Gasteiger partial charge in [0.15, 0.2) is 6.61 Å². The molecule has 0 unspecified atom stereocenters. The molecule has 1 aromatic carbocycles. The molecule has 29 heavy (non-hydrogen) atoms. The predicted molar refractivity (Wildman–Crippen MR) is 105 cm³/mol. The van der Waals surface area contributed by atoms with Crippen LogP contribution in [0.3, 0.4) is 0 Å². The van der Waals surface area contributed by atoms with Crippen LogP contribution in [-0.4, -0.2) is 42.1 Å². The third kappa shape index (κ3) is 5.56. The SMILES string of the molecule is Cc1c(C)c2ccc(OCC(=O)NCC(=O)N[C@H](C(=O)O)C(C)C)cc2oc1=O. The van der Waals surface area contributed by atoms with Gasteiger partial charge in [-0.15, -0.1) is 0 Å². The maximum absolute atomic E-state index is 11.9. The molecule has 0 saturated heterocycles. The molecule has 1 aromatic heterocycles. The first kappa shape index (κ1) is 21.9. The second-order valence-electron chi connectivity index (χ2n) is 6.99. The summed E-state index contributed by atoms with van der Waals surface area (Å²) in [5.41, 5.74) is 1.26. The fourth-order valence-electron chi connectivity index (χ4n) is 2.64. The number of carbonyl (C=O) groups is 3. The maximum Gasteiger partial charge on any atom is 0.339 e. The molecule has 0 fully saturated rings. The van der Waals surface area contributed by atoms with E-state index in [1.165, 1.54) is 6.07 Å². The lowest BCUT2D eigenvalue weighted by Gasteiger charge is -2.18. The molecule has 0 aliphatic carbocycles. The van der Waals surface area contributed by atoms with E-state index in [1.54, 1.807) is 32.9 Å².